The largest absolute Gasteiger partial charge is 0.342 e. The van der Waals surface area contributed by atoms with Crippen molar-refractivity contribution in [3.63, 3.8) is 0 Å². The van der Waals surface area contributed by atoms with Gasteiger partial charge in [0.05, 0.1) is 11.0 Å². The number of hydrogen-bond donors (Lipinski definition) is 1. The molecule has 3 aromatic carbocycles. The Bertz CT molecular complexity index is 1100. The van der Waals surface area contributed by atoms with Gasteiger partial charge in [0.25, 0.3) is 5.91 Å². The molecular formula is C25H23N3O. The van der Waals surface area contributed by atoms with E-state index in [1.54, 1.807) is 0 Å². The van der Waals surface area contributed by atoms with Crippen LogP contribution in [0.5, 0.6) is 0 Å². The van der Waals surface area contributed by atoms with Crippen molar-refractivity contribution in [1.29, 1.82) is 0 Å². The number of nitrogens with zero attached hydrogens (tertiary/aromatic N) is 2. The smallest absolute Gasteiger partial charge is 0.253 e. The van der Waals surface area contributed by atoms with Crippen LogP contribution < -0.4 is 0 Å². The molecule has 1 aliphatic heterocycles. The third kappa shape index (κ3) is 3.54. The van der Waals surface area contributed by atoms with Crippen LogP contribution in [-0.4, -0.2) is 33.9 Å². The first kappa shape index (κ1) is 17.7. The lowest BCUT2D eigenvalue weighted by atomic mass is 9.96. The van der Waals surface area contributed by atoms with Crippen LogP contribution >= 0.6 is 0 Å². The van der Waals surface area contributed by atoms with Gasteiger partial charge in [-0.3, -0.25) is 4.79 Å². The third-order valence-corrected chi connectivity index (χ3v) is 5.74. The molecule has 1 fully saturated rings. The monoisotopic (exact) mass is 381 g/mol. The topological polar surface area (TPSA) is 49.0 Å². The van der Waals surface area contributed by atoms with Crippen LogP contribution in [0.15, 0.2) is 78.9 Å². The van der Waals surface area contributed by atoms with Crippen molar-refractivity contribution in [1.82, 2.24) is 14.9 Å². The van der Waals surface area contributed by atoms with Crippen molar-refractivity contribution in [2.24, 2.45) is 0 Å². The Morgan fingerprint density at radius 2 is 1.62 bits per heavy atom. The summed E-state index contributed by atoms with van der Waals surface area (Å²) in [5.74, 6) is 1.34. The van der Waals surface area contributed by atoms with Crippen molar-refractivity contribution in [2.75, 3.05) is 13.1 Å². The number of aromatic nitrogens is 2. The Kier molecular flexibility index (Phi) is 4.60. The zero-order valence-corrected chi connectivity index (χ0v) is 16.2. The van der Waals surface area contributed by atoms with Crippen LogP contribution in [0.1, 0.15) is 34.9 Å². The van der Waals surface area contributed by atoms with Crippen molar-refractivity contribution in [3.05, 3.63) is 90.3 Å². The number of piperidine rings is 1. The molecule has 2 heterocycles. The lowest BCUT2D eigenvalue weighted by Gasteiger charge is -2.32. The number of benzene rings is 3. The van der Waals surface area contributed by atoms with Crippen LogP contribution in [0.4, 0.5) is 0 Å². The molecule has 0 unspecified atom stereocenters. The maximum absolute atomic E-state index is 13.1. The summed E-state index contributed by atoms with van der Waals surface area (Å²) >= 11 is 0. The Hall–Kier alpha value is -3.40. The molecule has 1 saturated heterocycles. The predicted octanol–water partition coefficient (Wildman–Crippen LogP) is 5.25. The molecule has 1 aliphatic rings. The average molecular weight is 381 g/mol. The highest BCUT2D eigenvalue weighted by Crippen LogP contribution is 2.28. The number of rotatable bonds is 3. The number of carbonyl (C=O) groups is 1. The molecule has 144 valence electrons. The summed E-state index contributed by atoms with van der Waals surface area (Å²) in [6, 6.07) is 26.3. The van der Waals surface area contributed by atoms with E-state index in [0.717, 1.165) is 52.9 Å². The van der Waals surface area contributed by atoms with E-state index in [1.165, 1.54) is 0 Å². The van der Waals surface area contributed by atoms with E-state index in [4.69, 9.17) is 4.98 Å². The molecule has 4 aromatic rings. The number of para-hydroxylation sites is 2. The van der Waals surface area contributed by atoms with Gasteiger partial charge >= 0.3 is 0 Å². The minimum absolute atomic E-state index is 0.102. The standard InChI is InChI=1S/C25H23N3O/c29-25(20-14-12-19(13-15-20)18-7-2-1-3-8-18)28-16-6-9-21(17-28)24-26-22-10-4-5-11-23(22)27-24/h1-5,7-8,10-15,21H,6,9,16-17H2,(H,26,27)/t21-/m1/s1. The number of likely N-dealkylation sites (tertiary alicyclic amines) is 1. The predicted molar refractivity (Wildman–Crippen MR) is 116 cm³/mol. The lowest BCUT2D eigenvalue weighted by Crippen LogP contribution is -2.39. The molecule has 1 amide bonds. The number of aromatic amines is 1. The van der Waals surface area contributed by atoms with Crippen molar-refractivity contribution < 1.29 is 4.79 Å². The van der Waals surface area contributed by atoms with Crippen LogP contribution in [0, 0.1) is 0 Å². The van der Waals surface area contributed by atoms with Gasteiger partial charge < -0.3 is 9.88 Å². The van der Waals surface area contributed by atoms with E-state index in [2.05, 4.69) is 17.1 Å². The maximum Gasteiger partial charge on any atom is 0.253 e. The van der Waals surface area contributed by atoms with Gasteiger partial charge in [-0.1, -0.05) is 54.6 Å². The number of fused-ring (bicyclic) bond motifs is 1. The Morgan fingerprint density at radius 1 is 0.897 bits per heavy atom. The fraction of sp³-hybridized carbons (Fsp3) is 0.200. The lowest BCUT2D eigenvalue weighted by molar-refractivity contribution is 0.0705. The van der Waals surface area contributed by atoms with E-state index in [1.807, 2.05) is 71.6 Å². The summed E-state index contributed by atoms with van der Waals surface area (Å²) in [5.41, 5.74) is 5.08. The van der Waals surface area contributed by atoms with Gasteiger partial charge in [-0.25, -0.2) is 4.98 Å². The number of H-pyrrole nitrogens is 1. The highest BCUT2D eigenvalue weighted by atomic mass is 16.2. The third-order valence-electron chi connectivity index (χ3n) is 5.74. The molecule has 0 bridgehead atoms. The van der Waals surface area contributed by atoms with Gasteiger partial charge in [-0.2, -0.15) is 0 Å². The maximum atomic E-state index is 13.1. The zero-order chi connectivity index (χ0) is 19.6. The van der Waals surface area contributed by atoms with Crippen molar-refractivity contribution in [3.8, 4) is 11.1 Å². The average Bonchev–Trinajstić information content (AvgIpc) is 3.24. The fourth-order valence-corrected chi connectivity index (χ4v) is 4.17. The van der Waals surface area contributed by atoms with E-state index in [9.17, 15) is 4.79 Å². The van der Waals surface area contributed by atoms with E-state index < -0.39 is 0 Å². The summed E-state index contributed by atoms with van der Waals surface area (Å²) in [7, 11) is 0. The molecule has 29 heavy (non-hydrogen) atoms. The summed E-state index contributed by atoms with van der Waals surface area (Å²) in [4.78, 5) is 23.3. The number of hydrogen-bond acceptors (Lipinski definition) is 2. The molecule has 0 saturated carbocycles. The minimum Gasteiger partial charge on any atom is -0.342 e. The highest BCUT2D eigenvalue weighted by molar-refractivity contribution is 5.94. The zero-order valence-electron chi connectivity index (χ0n) is 16.2. The van der Waals surface area contributed by atoms with Gasteiger partial charge in [-0.15, -0.1) is 0 Å². The van der Waals surface area contributed by atoms with Crippen molar-refractivity contribution >= 4 is 16.9 Å². The second-order valence-electron chi connectivity index (χ2n) is 7.67. The first-order valence-corrected chi connectivity index (χ1v) is 10.2. The molecular weight excluding hydrogens is 358 g/mol. The Morgan fingerprint density at radius 3 is 2.41 bits per heavy atom. The summed E-state index contributed by atoms with van der Waals surface area (Å²) in [6.45, 7) is 1.51. The van der Waals surface area contributed by atoms with E-state index in [0.29, 0.717) is 6.54 Å². The second-order valence-corrected chi connectivity index (χ2v) is 7.67. The van der Waals surface area contributed by atoms with Crippen LogP contribution in [0.25, 0.3) is 22.2 Å². The molecule has 0 spiro atoms. The molecule has 1 N–H and O–H groups in total. The van der Waals surface area contributed by atoms with Gasteiger partial charge in [0.15, 0.2) is 0 Å². The molecule has 1 atom stereocenters. The summed E-state index contributed by atoms with van der Waals surface area (Å²) in [6.07, 6.45) is 2.05. The van der Waals surface area contributed by atoms with Gasteiger partial charge in [-0.05, 0) is 48.2 Å². The van der Waals surface area contributed by atoms with Crippen LogP contribution in [0.3, 0.4) is 0 Å². The second kappa shape index (κ2) is 7.55. The van der Waals surface area contributed by atoms with Crippen LogP contribution in [0.2, 0.25) is 0 Å². The molecule has 5 rings (SSSR count). The van der Waals surface area contributed by atoms with Gasteiger partial charge in [0.2, 0.25) is 0 Å². The highest BCUT2D eigenvalue weighted by Gasteiger charge is 2.27. The molecule has 0 radical (unpaired) electrons. The van der Waals surface area contributed by atoms with Crippen molar-refractivity contribution in [2.45, 2.75) is 18.8 Å². The number of nitrogens with one attached hydrogen (secondary N) is 1. The van der Waals surface area contributed by atoms with E-state index in [-0.39, 0.29) is 11.8 Å². The Balaban J connectivity index is 1.33. The summed E-state index contributed by atoms with van der Waals surface area (Å²) < 4.78 is 0. The first-order chi connectivity index (χ1) is 14.3. The van der Waals surface area contributed by atoms with Gasteiger partial charge in [0.1, 0.15) is 5.82 Å². The molecule has 1 aromatic heterocycles. The van der Waals surface area contributed by atoms with Crippen LogP contribution in [-0.2, 0) is 0 Å². The quantitative estimate of drug-likeness (QED) is 0.527. The van der Waals surface area contributed by atoms with E-state index >= 15 is 0 Å². The Labute approximate surface area is 170 Å². The molecule has 0 aliphatic carbocycles. The van der Waals surface area contributed by atoms with Gasteiger partial charge in [0, 0.05) is 24.6 Å². The first-order valence-electron chi connectivity index (χ1n) is 10.2. The SMILES string of the molecule is O=C(c1ccc(-c2ccccc2)cc1)N1CCC[C@@H](c2nc3ccccc3[nH]2)C1. The minimum atomic E-state index is 0.102. The molecule has 4 heteroatoms. The number of amides is 1. The molecule has 4 nitrogen and oxygen atoms in total. The fourth-order valence-electron chi connectivity index (χ4n) is 4.17. The summed E-state index contributed by atoms with van der Waals surface area (Å²) in [5, 5.41) is 0. The number of imidazole rings is 1. The number of carbonyl (C=O) groups excluding carboxylic acids is 1. The normalized spacial score (nSPS) is 16.8.